The molecule has 2 aromatic rings. The number of nitrogens with zero attached hydrogens (tertiary/aromatic N) is 2. The molecule has 1 aliphatic heterocycles. The lowest BCUT2D eigenvalue weighted by atomic mass is 9.86. The number of methoxy groups -OCH3 is 1. The van der Waals surface area contributed by atoms with Crippen LogP contribution in [0.5, 0.6) is 5.75 Å². The highest BCUT2D eigenvalue weighted by Gasteiger charge is 2.43. The van der Waals surface area contributed by atoms with Gasteiger partial charge in [-0.3, -0.25) is 4.79 Å². The molecule has 1 N–H and O–H groups in total. The van der Waals surface area contributed by atoms with Crippen molar-refractivity contribution in [1.29, 1.82) is 0 Å². The number of benzene rings is 1. The minimum Gasteiger partial charge on any atom is -0.497 e. The third-order valence-electron chi connectivity index (χ3n) is 6.47. The number of hydrogen-bond acceptors (Lipinski definition) is 6. The van der Waals surface area contributed by atoms with Crippen LogP contribution in [0, 0.1) is 0 Å². The molecule has 2 saturated carbocycles. The minimum atomic E-state index is -0.546. The fourth-order valence-electron chi connectivity index (χ4n) is 4.80. The fraction of sp³-hybridized carbons (Fsp3) is 0.520. The third kappa shape index (κ3) is 4.46. The van der Waals surface area contributed by atoms with Gasteiger partial charge in [-0.05, 0) is 76.6 Å². The maximum atomic E-state index is 13.8. The predicted octanol–water partition coefficient (Wildman–Crippen LogP) is 5.07. The summed E-state index contributed by atoms with van der Waals surface area (Å²) in [6.07, 6.45) is 6.16. The molecule has 0 radical (unpaired) electrons. The summed E-state index contributed by atoms with van der Waals surface area (Å²) >= 11 is 1.58. The first-order chi connectivity index (χ1) is 15.7. The highest BCUT2D eigenvalue weighted by atomic mass is 32.1. The van der Waals surface area contributed by atoms with Crippen LogP contribution in [0.1, 0.15) is 63.2 Å². The molecular formula is C25H31N3O4S. The number of thiophene rings is 1. The van der Waals surface area contributed by atoms with Gasteiger partial charge in [0.1, 0.15) is 11.4 Å². The number of ether oxygens (including phenoxy) is 2. The molecule has 2 heterocycles. The van der Waals surface area contributed by atoms with Crippen LogP contribution >= 0.6 is 11.3 Å². The largest absolute Gasteiger partial charge is 0.497 e. The Labute approximate surface area is 198 Å². The van der Waals surface area contributed by atoms with E-state index in [1.54, 1.807) is 18.4 Å². The number of hydrazine groups is 1. The molecule has 33 heavy (non-hydrogen) atoms. The van der Waals surface area contributed by atoms with Crippen LogP contribution in [0.3, 0.4) is 0 Å². The van der Waals surface area contributed by atoms with Crippen molar-refractivity contribution in [3.05, 3.63) is 40.9 Å². The molecule has 8 heteroatoms. The topological polar surface area (TPSA) is 71.1 Å². The highest BCUT2D eigenvalue weighted by Crippen LogP contribution is 2.39. The maximum Gasteiger partial charge on any atom is 0.429 e. The standard InChI is InChI=1S/C25H31N3O4S/c1-25(2,3)32-24(30)27-13-15-11-17(7-10-21(15)26-27)28(16-5-6-16)23(29)20-14-33-22-12-18(31-4)8-9-19(20)22/h8-9,12-14,16-17,21,26H,5-7,10-11H2,1-4H3. The summed E-state index contributed by atoms with van der Waals surface area (Å²) in [5.74, 6) is 0.920. The quantitative estimate of drug-likeness (QED) is 0.677. The number of nitrogens with one attached hydrogen (secondary N) is 1. The molecule has 1 aromatic heterocycles. The summed E-state index contributed by atoms with van der Waals surface area (Å²) in [5, 5.41) is 4.44. The second kappa shape index (κ2) is 8.33. The van der Waals surface area contributed by atoms with Crippen LogP contribution in [0.15, 0.2) is 35.4 Å². The molecule has 2 atom stereocenters. The Kier molecular flexibility index (Phi) is 5.61. The molecule has 0 spiro atoms. The van der Waals surface area contributed by atoms with E-state index in [-0.39, 0.29) is 18.0 Å². The van der Waals surface area contributed by atoms with E-state index in [0.29, 0.717) is 6.04 Å². The second-order valence-electron chi connectivity index (χ2n) is 10.1. The Bertz CT molecular complexity index is 1110. The number of fused-ring (bicyclic) bond motifs is 2. The van der Waals surface area contributed by atoms with Crippen molar-refractivity contribution in [2.24, 2.45) is 0 Å². The monoisotopic (exact) mass is 469 g/mol. The van der Waals surface area contributed by atoms with Gasteiger partial charge in [-0.15, -0.1) is 11.3 Å². The Morgan fingerprint density at radius 2 is 1.91 bits per heavy atom. The van der Waals surface area contributed by atoms with E-state index in [1.165, 1.54) is 5.01 Å². The van der Waals surface area contributed by atoms with Crippen molar-refractivity contribution >= 4 is 33.4 Å². The third-order valence-corrected chi connectivity index (χ3v) is 7.41. The summed E-state index contributed by atoms with van der Waals surface area (Å²) in [4.78, 5) is 28.4. The number of rotatable bonds is 4. The van der Waals surface area contributed by atoms with Gasteiger partial charge in [0.2, 0.25) is 0 Å². The van der Waals surface area contributed by atoms with E-state index in [2.05, 4.69) is 10.3 Å². The lowest BCUT2D eigenvalue weighted by Gasteiger charge is -2.37. The zero-order valence-corrected chi connectivity index (χ0v) is 20.4. The van der Waals surface area contributed by atoms with Crippen LogP contribution < -0.4 is 10.2 Å². The summed E-state index contributed by atoms with van der Waals surface area (Å²) in [7, 11) is 1.66. The maximum absolute atomic E-state index is 13.8. The van der Waals surface area contributed by atoms with Gasteiger partial charge < -0.3 is 14.4 Å². The van der Waals surface area contributed by atoms with E-state index in [1.807, 2.05) is 50.6 Å². The number of hydrogen-bond donors (Lipinski definition) is 1. The van der Waals surface area contributed by atoms with Gasteiger partial charge in [-0.1, -0.05) is 0 Å². The lowest BCUT2D eigenvalue weighted by molar-refractivity contribution is 0.0254. The molecule has 1 aromatic carbocycles. The zero-order chi connectivity index (χ0) is 23.3. The van der Waals surface area contributed by atoms with Crippen molar-refractivity contribution in [1.82, 2.24) is 15.3 Å². The Hall–Kier alpha value is -2.58. The first-order valence-electron chi connectivity index (χ1n) is 11.6. The summed E-state index contributed by atoms with van der Waals surface area (Å²) < 4.78 is 11.9. The second-order valence-corrected chi connectivity index (χ2v) is 11.0. The van der Waals surface area contributed by atoms with Crippen molar-refractivity contribution in [3.8, 4) is 5.75 Å². The van der Waals surface area contributed by atoms with Crippen molar-refractivity contribution in [3.63, 3.8) is 0 Å². The Morgan fingerprint density at radius 1 is 1.15 bits per heavy atom. The molecule has 5 rings (SSSR count). The van der Waals surface area contributed by atoms with Crippen LogP contribution in [0.25, 0.3) is 10.1 Å². The molecule has 176 valence electrons. The van der Waals surface area contributed by atoms with E-state index >= 15 is 0 Å². The van der Waals surface area contributed by atoms with Gasteiger partial charge in [0.15, 0.2) is 0 Å². The van der Waals surface area contributed by atoms with Gasteiger partial charge in [-0.25, -0.2) is 15.2 Å². The fourth-order valence-corrected chi connectivity index (χ4v) is 5.76. The molecule has 0 saturated heterocycles. The van der Waals surface area contributed by atoms with Gasteiger partial charge in [0, 0.05) is 39.8 Å². The Balaban J connectivity index is 1.35. The molecule has 2 amide bonds. The average Bonchev–Trinajstić information content (AvgIpc) is 3.35. The minimum absolute atomic E-state index is 0.118. The highest BCUT2D eigenvalue weighted by molar-refractivity contribution is 7.17. The molecule has 7 nitrogen and oxygen atoms in total. The Morgan fingerprint density at radius 3 is 2.61 bits per heavy atom. The van der Waals surface area contributed by atoms with E-state index < -0.39 is 11.7 Å². The van der Waals surface area contributed by atoms with Crippen LogP contribution in [-0.4, -0.2) is 52.7 Å². The van der Waals surface area contributed by atoms with Crippen molar-refractivity contribution < 1.29 is 19.1 Å². The summed E-state index contributed by atoms with van der Waals surface area (Å²) in [6.45, 7) is 5.58. The van der Waals surface area contributed by atoms with Crippen molar-refractivity contribution in [2.45, 2.75) is 76.6 Å². The van der Waals surface area contributed by atoms with Gasteiger partial charge in [-0.2, -0.15) is 0 Å². The first kappa shape index (κ1) is 22.2. The normalized spacial score (nSPS) is 22.7. The predicted molar refractivity (Wildman–Crippen MR) is 128 cm³/mol. The van der Waals surface area contributed by atoms with Gasteiger partial charge in [0.05, 0.1) is 12.7 Å². The molecule has 2 fully saturated rings. The molecular weight excluding hydrogens is 438 g/mol. The number of carbonyl (C=O) groups excluding carboxylic acids is 2. The molecule has 2 unspecified atom stereocenters. The smallest absolute Gasteiger partial charge is 0.429 e. The van der Waals surface area contributed by atoms with Crippen LogP contribution in [0.4, 0.5) is 4.79 Å². The van der Waals surface area contributed by atoms with E-state index in [4.69, 9.17) is 9.47 Å². The van der Waals surface area contributed by atoms with Gasteiger partial charge in [0.25, 0.3) is 5.91 Å². The average molecular weight is 470 g/mol. The van der Waals surface area contributed by atoms with E-state index in [0.717, 1.165) is 59.1 Å². The zero-order valence-electron chi connectivity index (χ0n) is 19.6. The molecule has 0 bridgehead atoms. The van der Waals surface area contributed by atoms with Crippen molar-refractivity contribution in [2.75, 3.05) is 7.11 Å². The summed E-state index contributed by atoms with van der Waals surface area (Å²) in [5.41, 5.74) is 4.66. The van der Waals surface area contributed by atoms with Gasteiger partial charge >= 0.3 is 6.09 Å². The molecule has 3 aliphatic rings. The number of carbonyl (C=O) groups is 2. The van der Waals surface area contributed by atoms with Crippen LogP contribution in [-0.2, 0) is 4.74 Å². The molecule has 2 aliphatic carbocycles. The first-order valence-corrected chi connectivity index (χ1v) is 12.5. The SMILES string of the molecule is COc1ccc2c(C(=O)N(C3CC3)C3CCC4NN(C(=O)OC(C)(C)C)C=C4C3)csc2c1. The van der Waals surface area contributed by atoms with Crippen LogP contribution in [0.2, 0.25) is 0 Å². The van der Waals surface area contributed by atoms with E-state index in [9.17, 15) is 9.59 Å². The lowest BCUT2D eigenvalue weighted by Crippen LogP contribution is -2.47. The number of amides is 2. The summed E-state index contributed by atoms with van der Waals surface area (Å²) in [6, 6.07) is 6.47.